The molecule has 114 valence electrons. The molecule has 0 unspecified atom stereocenters. The quantitative estimate of drug-likeness (QED) is 0.675. The van der Waals surface area contributed by atoms with E-state index in [1.54, 1.807) is 0 Å². The van der Waals surface area contributed by atoms with E-state index in [1.807, 2.05) is 6.92 Å². The maximum Gasteiger partial charge on any atom is 0.341 e. The molecule has 0 amide bonds. The van der Waals surface area contributed by atoms with Crippen molar-refractivity contribution in [1.29, 1.82) is 0 Å². The molecule has 4 nitrogen and oxygen atoms in total. The Kier molecular flexibility index (Phi) is 5.05. The topological polar surface area (TPSA) is 61.5 Å². The number of ether oxygens (including phenoxy) is 1. The van der Waals surface area contributed by atoms with E-state index in [4.69, 9.17) is 14.9 Å². The van der Waals surface area contributed by atoms with Crippen molar-refractivity contribution in [3.8, 4) is 0 Å². The van der Waals surface area contributed by atoms with Crippen molar-refractivity contribution < 1.29 is 14.0 Å². The van der Waals surface area contributed by atoms with Gasteiger partial charge in [-0.15, -0.1) is 11.3 Å². The first kappa shape index (κ1) is 17.2. The molecule has 1 rings (SSSR count). The normalized spacial score (nSPS) is 12.6. The molecule has 0 saturated heterocycles. The molecule has 0 spiro atoms. The molecule has 1 aromatic heterocycles. The summed E-state index contributed by atoms with van der Waals surface area (Å²) >= 11 is 1.41. The Labute approximate surface area is 126 Å². The highest BCUT2D eigenvalue weighted by Crippen LogP contribution is 2.38. The van der Waals surface area contributed by atoms with Gasteiger partial charge in [0.05, 0.1) is 19.3 Å². The summed E-state index contributed by atoms with van der Waals surface area (Å²) in [6.07, 6.45) is 0. The molecule has 0 aliphatic rings. The van der Waals surface area contributed by atoms with Crippen molar-refractivity contribution in [2.45, 2.75) is 52.4 Å². The summed E-state index contributed by atoms with van der Waals surface area (Å²) in [5, 5.41) is 0.636. The van der Waals surface area contributed by atoms with Gasteiger partial charge in [-0.05, 0) is 25.1 Å². The number of hydrogen-bond acceptors (Lipinski definition) is 5. The number of carbonyl (C=O) groups is 1. The van der Waals surface area contributed by atoms with Gasteiger partial charge in [0, 0.05) is 10.4 Å². The molecule has 6 heteroatoms. The number of carbonyl (C=O) groups excluding carboxylic acids is 1. The van der Waals surface area contributed by atoms with Crippen molar-refractivity contribution in [2.75, 3.05) is 12.8 Å². The number of nitrogens with two attached hydrogens (primary N) is 1. The van der Waals surface area contributed by atoms with Crippen LogP contribution in [0.5, 0.6) is 0 Å². The number of methoxy groups -OCH3 is 1. The fraction of sp³-hybridized carbons (Fsp3) is 0.643. The molecular weight excluding hydrogens is 290 g/mol. The zero-order valence-corrected chi connectivity index (χ0v) is 15.2. The van der Waals surface area contributed by atoms with Crippen molar-refractivity contribution in [3.05, 3.63) is 16.0 Å². The number of rotatable bonds is 4. The van der Waals surface area contributed by atoms with Crippen LogP contribution >= 0.6 is 11.3 Å². The van der Waals surface area contributed by atoms with Gasteiger partial charge in [-0.2, -0.15) is 0 Å². The molecule has 1 heterocycles. The standard InChI is InChI=1S/C14H25NO3SSi/c1-9-10(8-18-20(6,7)14(2,3)4)11(12(15)19-9)13(16)17-5/h8,15H2,1-7H3. The summed E-state index contributed by atoms with van der Waals surface area (Å²) in [6.45, 7) is 13.3. The lowest BCUT2D eigenvalue weighted by Crippen LogP contribution is -2.40. The van der Waals surface area contributed by atoms with E-state index in [9.17, 15) is 4.79 Å². The van der Waals surface area contributed by atoms with Crippen LogP contribution in [0.15, 0.2) is 0 Å². The number of hydrogen-bond donors (Lipinski definition) is 1. The highest BCUT2D eigenvalue weighted by atomic mass is 32.1. The van der Waals surface area contributed by atoms with Crippen LogP contribution in [0.3, 0.4) is 0 Å². The van der Waals surface area contributed by atoms with E-state index in [0.29, 0.717) is 17.2 Å². The van der Waals surface area contributed by atoms with Crippen molar-refractivity contribution in [3.63, 3.8) is 0 Å². The minimum absolute atomic E-state index is 0.133. The zero-order valence-electron chi connectivity index (χ0n) is 13.4. The summed E-state index contributed by atoms with van der Waals surface area (Å²) in [6, 6.07) is 0. The van der Waals surface area contributed by atoms with Gasteiger partial charge < -0.3 is 14.9 Å². The van der Waals surface area contributed by atoms with E-state index in [-0.39, 0.29) is 11.0 Å². The molecule has 0 bridgehead atoms. The molecule has 0 aliphatic carbocycles. The molecule has 2 N–H and O–H groups in total. The van der Waals surface area contributed by atoms with Gasteiger partial charge in [-0.1, -0.05) is 20.8 Å². The molecule has 0 fully saturated rings. The lowest BCUT2D eigenvalue weighted by atomic mass is 10.1. The maximum absolute atomic E-state index is 11.9. The third-order valence-corrected chi connectivity index (χ3v) is 9.46. The first-order chi connectivity index (χ1) is 9.01. The third kappa shape index (κ3) is 3.42. The number of anilines is 1. The second-order valence-electron chi connectivity index (χ2n) is 6.42. The van der Waals surface area contributed by atoms with Crippen molar-refractivity contribution in [1.82, 2.24) is 0 Å². The van der Waals surface area contributed by atoms with Gasteiger partial charge in [0.15, 0.2) is 8.32 Å². The fourth-order valence-corrected chi connectivity index (χ4v) is 3.43. The van der Waals surface area contributed by atoms with Crippen LogP contribution in [0.2, 0.25) is 18.1 Å². The molecule has 0 aromatic carbocycles. The van der Waals surface area contributed by atoms with E-state index in [0.717, 1.165) is 10.4 Å². The second kappa shape index (κ2) is 5.87. The predicted molar refractivity (Wildman–Crippen MR) is 86.8 cm³/mol. The summed E-state index contributed by atoms with van der Waals surface area (Å²) in [5.74, 6) is -0.388. The number of esters is 1. The largest absolute Gasteiger partial charge is 0.465 e. The van der Waals surface area contributed by atoms with Gasteiger partial charge in [0.25, 0.3) is 0 Å². The number of thiophene rings is 1. The average molecular weight is 316 g/mol. The lowest BCUT2D eigenvalue weighted by Gasteiger charge is -2.36. The summed E-state index contributed by atoms with van der Waals surface area (Å²) in [7, 11) is -0.489. The molecule has 20 heavy (non-hydrogen) atoms. The van der Waals surface area contributed by atoms with Crippen LogP contribution in [0, 0.1) is 6.92 Å². The van der Waals surface area contributed by atoms with Gasteiger partial charge in [-0.25, -0.2) is 4.79 Å². The molecule has 1 aromatic rings. The van der Waals surface area contributed by atoms with E-state index >= 15 is 0 Å². The smallest absolute Gasteiger partial charge is 0.341 e. The average Bonchev–Trinajstić information content (AvgIpc) is 2.59. The molecular formula is C14H25NO3SSi. The molecule has 0 saturated carbocycles. The van der Waals surface area contributed by atoms with E-state index < -0.39 is 8.32 Å². The van der Waals surface area contributed by atoms with Crippen LogP contribution < -0.4 is 5.73 Å². The number of nitrogen functional groups attached to an aromatic ring is 1. The summed E-state index contributed by atoms with van der Waals surface area (Å²) in [4.78, 5) is 12.9. The Morgan fingerprint density at radius 1 is 1.35 bits per heavy atom. The zero-order chi connectivity index (χ0) is 15.7. The Hall–Kier alpha value is -0.853. The minimum Gasteiger partial charge on any atom is -0.465 e. The van der Waals surface area contributed by atoms with E-state index in [2.05, 4.69) is 33.9 Å². The highest BCUT2D eigenvalue weighted by molar-refractivity contribution is 7.16. The van der Waals surface area contributed by atoms with Gasteiger partial charge in [0.2, 0.25) is 0 Å². The monoisotopic (exact) mass is 315 g/mol. The summed E-state index contributed by atoms with van der Waals surface area (Å²) < 4.78 is 11.0. The predicted octanol–water partition coefficient (Wildman–Crippen LogP) is 3.95. The third-order valence-electron chi connectivity index (χ3n) is 4.01. The minimum atomic E-state index is -1.86. The number of aryl methyl sites for hydroxylation is 1. The molecule has 0 radical (unpaired) electrons. The van der Waals surface area contributed by atoms with Crippen molar-refractivity contribution in [2.24, 2.45) is 0 Å². The Balaban J connectivity index is 3.02. The van der Waals surface area contributed by atoms with Crippen LogP contribution in [-0.4, -0.2) is 21.4 Å². The lowest BCUT2D eigenvalue weighted by molar-refractivity contribution is 0.0599. The molecule has 0 atom stereocenters. The van der Waals surface area contributed by atoms with Crippen LogP contribution in [0.1, 0.15) is 41.6 Å². The SMILES string of the molecule is COC(=O)c1c(N)sc(C)c1CO[Si](C)(C)C(C)(C)C. The fourth-order valence-electron chi connectivity index (χ4n) is 1.57. The maximum atomic E-state index is 11.9. The Bertz CT molecular complexity index is 503. The Morgan fingerprint density at radius 2 is 1.90 bits per heavy atom. The van der Waals surface area contributed by atoms with Crippen LogP contribution in [0.4, 0.5) is 5.00 Å². The summed E-state index contributed by atoms with van der Waals surface area (Å²) in [5.41, 5.74) is 7.25. The second-order valence-corrected chi connectivity index (χ2v) is 12.5. The van der Waals surface area contributed by atoms with Gasteiger partial charge in [0.1, 0.15) is 5.00 Å². The van der Waals surface area contributed by atoms with E-state index in [1.165, 1.54) is 18.4 Å². The van der Waals surface area contributed by atoms with Gasteiger partial charge >= 0.3 is 5.97 Å². The molecule has 0 aliphatic heterocycles. The first-order valence-electron chi connectivity index (χ1n) is 6.61. The Morgan fingerprint density at radius 3 is 2.35 bits per heavy atom. The van der Waals surface area contributed by atoms with Crippen LogP contribution in [0.25, 0.3) is 0 Å². The van der Waals surface area contributed by atoms with Crippen molar-refractivity contribution >= 4 is 30.6 Å². The highest BCUT2D eigenvalue weighted by Gasteiger charge is 2.37. The first-order valence-corrected chi connectivity index (χ1v) is 10.3. The van der Waals surface area contributed by atoms with Gasteiger partial charge in [-0.3, -0.25) is 0 Å². The van der Waals surface area contributed by atoms with Crippen LogP contribution in [-0.2, 0) is 15.8 Å².